The number of benzene rings is 1. The summed E-state index contributed by atoms with van der Waals surface area (Å²) in [7, 11) is 1.67. The van der Waals surface area contributed by atoms with Crippen LogP contribution in [-0.4, -0.2) is 31.4 Å². The summed E-state index contributed by atoms with van der Waals surface area (Å²) >= 11 is 0. The van der Waals surface area contributed by atoms with E-state index in [9.17, 15) is 4.79 Å². The number of anilines is 1. The van der Waals surface area contributed by atoms with Crippen LogP contribution in [0.3, 0.4) is 0 Å². The summed E-state index contributed by atoms with van der Waals surface area (Å²) in [5, 5.41) is 6.46. The average Bonchev–Trinajstić information content (AvgIpc) is 2.91. The van der Waals surface area contributed by atoms with Gasteiger partial charge in [0.1, 0.15) is 11.4 Å². The van der Waals surface area contributed by atoms with Crippen LogP contribution in [0.4, 0.5) is 10.5 Å². The molecule has 1 amide bonds. The van der Waals surface area contributed by atoms with Crippen LogP contribution in [0.5, 0.6) is 5.75 Å². The van der Waals surface area contributed by atoms with E-state index in [2.05, 4.69) is 10.6 Å². The van der Waals surface area contributed by atoms with Gasteiger partial charge in [-0.1, -0.05) is 12.5 Å². The Bertz CT molecular complexity index is 525. The third kappa shape index (κ3) is 5.66. The highest BCUT2D eigenvalue weighted by Crippen LogP contribution is 2.29. The van der Waals surface area contributed by atoms with E-state index in [0.29, 0.717) is 18.5 Å². The second-order valence-corrected chi connectivity index (χ2v) is 7.06. The lowest BCUT2D eigenvalue weighted by Crippen LogP contribution is -2.38. The first-order valence-electron chi connectivity index (χ1n) is 8.25. The van der Waals surface area contributed by atoms with Crippen LogP contribution in [0.2, 0.25) is 0 Å². The number of nitrogens with one attached hydrogen (secondary N) is 2. The fourth-order valence-electron chi connectivity index (χ4n) is 2.93. The zero-order chi connectivity index (χ0) is 16.9. The smallest absolute Gasteiger partial charge is 0.407 e. The van der Waals surface area contributed by atoms with Gasteiger partial charge >= 0.3 is 6.09 Å². The predicted octanol–water partition coefficient (Wildman–Crippen LogP) is 3.80. The van der Waals surface area contributed by atoms with Gasteiger partial charge in [0.05, 0.1) is 7.11 Å². The first-order valence-corrected chi connectivity index (χ1v) is 8.25. The van der Waals surface area contributed by atoms with Crippen molar-refractivity contribution in [3.63, 3.8) is 0 Å². The van der Waals surface area contributed by atoms with E-state index < -0.39 is 5.60 Å². The van der Waals surface area contributed by atoms with E-state index in [-0.39, 0.29) is 6.09 Å². The second kappa shape index (κ2) is 7.57. The molecule has 0 aliphatic heterocycles. The van der Waals surface area contributed by atoms with Gasteiger partial charge in [0.15, 0.2) is 0 Å². The highest BCUT2D eigenvalue weighted by Gasteiger charge is 2.28. The Morgan fingerprint density at radius 2 is 2.09 bits per heavy atom. The molecule has 0 spiro atoms. The molecule has 2 rings (SSSR count). The molecule has 2 N–H and O–H groups in total. The summed E-state index contributed by atoms with van der Waals surface area (Å²) in [6.45, 7) is 6.25. The van der Waals surface area contributed by atoms with E-state index in [1.54, 1.807) is 7.11 Å². The molecule has 2 atom stereocenters. The third-order valence-electron chi connectivity index (χ3n) is 3.99. The molecule has 0 bridgehead atoms. The third-order valence-corrected chi connectivity index (χ3v) is 3.99. The Labute approximate surface area is 138 Å². The molecule has 0 saturated heterocycles. The lowest BCUT2D eigenvalue weighted by molar-refractivity contribution is 0.0519. The number of amides is 1. The molecule has 1 aromatic carbocycles. The number of rotatable bonds is 5. The minimum atomic E-state index is -0.460. The Morgan fingerprint density at radius 3 is 2.78 bits per heavy atom. The van der Waals surface area contributed by atoms with Gasteiger partial charge < -0.3 is 20.1 Å². The molecule has 128 valence electrons. The maximum Gasteiger partial charge on any atom is 0.407 e. The first-order chi connectivity index (χ1) is 10.9. The van der Waals surface area contributed by atoms with Crippen molar-refractivity contribution in [3.05, 3.63) is 24.3 Å². The minimum absolute atomic E-state index is 0.343. The monoisotopic (exact) mass is 320 g/mol. The van der Waals surface area contributed by atoms with Gasteiger partial charge in [-0.15, -0.1) is 0 Å². The maximum atomic E-state index is 11.8. The highest BCUT2D eigenvalue weighted by molar-refractivity contribution is 5.67. The van der Waals surface area contributed by atoms with Crippen molar-refractivity contribution in [1.82, 2.24) is 5.32 Å². The number of carbonyl (C=O) groups is 1. The van der Waals surface area contributed by atoms with Crippen molar-refractivity contribution in [2.75, 3.05) is 19.0 Å². The number of alkyl carbamates (subject to hydrolysis) is 1. The number of hydrogen-bond donors (Lipinski definition) is 2. The van der Waals surface area contributed by atoms with Gasteiger partial charge in [0.25, 0.3) is 0 Å². The summed E-state index contributed by atoms with van der Waals surface area (Å²) in [4.78, 5) is 11.8. The number of methoxy groups -OCH3 is 1. The summed E-state index contributed by atoms with van der Waals surface area (Å²) in [6.07, 6.45) is 3.04. The van der Waals surface area contributed by atoms with Gasteiger partial charge in [0.2, 0.25) is 0 Å². The molecule has 1 aromatic rings. The summed E-state index contributed by atoms with van der Waals surface area (Å²) in [5.41, 5.74) is 0.594. The van der Waals surface area contributed by atoms with Crippen LogP contribution < -0.4 is 15.4 Å². The van der Waals surface area contributed by atoms with Gasteiger partial charge in [0, 0.05) is 24.3 Å². The minimum Gasteiger partial charge on any atom is -0.497 e. The van der Waals surface area contributed by atoms with Gasteiger partial charge in [-0.25, -0.2) is 4.79 Å². The van der Waals surface area contributed by atoms with Crippen LogP contribution in [-0.2, 0) is 4.74 Å². The van der Waals surface area contributed by atoms with Crippen LogP contribution in [0, 0.1) is 5.92 Å². The molecule has 5 heteroatoms. The lowest BCUT2D eigenvalue weighted by Gasteiger charge is -2.24. The summed E-state index contributed by atoms with van der Waals surface area (Å²) in [6, 6.07) is 8.30. The maximum absolute atomic E-state index is 11.8. The molecule has 1 aliphatic carbocycles. The molecule has 1 fully saturated rings. The standard InChI is InChI=1S/C18H28N2O3/c1-18(2,3)23-17(21)19-12-13-7-5-10-16(13)20-14-8-6-9-15(11-14)22-4/h6,8-9,11,13,16,20H,5,7,10,12H2,1-4H3,(H,19,21). The molecule has 0 radical (unpaired) electrons. The Hall–Kier alpha value is -1.91. The van der Waals surface area contributed by atoms with E-state index >= 15 is 0 Å². The quantitative estimate of drug-likeness (QED) is 0.866. The summed E-state index contributed by atoms with van der Waals surface area (Å²) in [5.74, 6) is 1.25. The number of carbonyl (C=O) groups excluding carboxylic acids is 1. The van der Waals surface area contributed by atoms with Gasteiger partial charge in [-0.2, -0.15) is 0 Å². The first kappa shape index (κ1) is 17.4. The Balaban J connectivity index is 1.86. The van der Waals surface area contributed by atoms with Gasteiger partial charge in [-0.3, -0.25) is 0 Å². The van der Waals surface area contributed by atoms with Crippen molar-refractivity contribution in [2.45, 2.75) is 51.7 Å². The largest absolute Gasteiger partial charge is 0.497 e. The molecule has 0 aromatic heterocycles. The normalized spacial score (nSPS) is 20.9. The van der Waals surface area contributed by atoms with Crippen LogP contribution in [0.15, 0.2) is 24.3 Å². The molecule has 1 saturated carbocycles. The molecule has 2 unspecified atom stereocenters. The predicted molar refractivity (Wildman–Crippen MR) is 92.0 cm³/mol. The van der Waals surface area contributed by atoms with Crippen LogP contribution in [0.1, 0.15) is 40.0 Å². The van der Waals surface area contributed by atoms with Crippen LogP contribution in [0.25, 0.3) is 0 Å². The molecule has 23 heavy (non-hydrogen) atoms. The van der Waals surface area contributed by atoms with Crippen LogP contribution >= 0.6 is 0 Å². The van der Waals surface area contributed by atoms with Crippen molar-refractivity contribution in [3.8, 4) is 5.75 Å². The van der Waals surface area contributed by atoms with E-state index in [4.69, 9.17) is 9.47 Å². The molecule has 0 heterocycles. The summed E-state index contributed by atoms with van der Waals surface area (Å²) < 4.78 is 10.6. The Kier molecular flexibility index (Phi) is 5.74. The zero-order valence-electron chi connectivity index (χ0n) is 14.5. The molecular weight excluding hydrogens is 292 g/mol. The highest BCUT2D eigenvalue weighted by atomic mass is 16.6. The van der Waals surface area contributed by atoms with E-state index in [1.165, 1.54) is 6.42 Å². The van der Waals surface area contributed by atoms with Crippen molar-refractivity contribution in [1.29, 1.82) is 0 Å². The van der Waals surface area contributed by atoms with Gasteiger partial charge in [-0.05, 0) is 51.7 Å². The molecular formula is C18H28N2O3. The van der Waals surface area contributed by atoms with Crippen molar-refractivity contribution in [2.24, 2.45) is 5.92 Å². The molecule has 5 nitrogen and oxygen atoms in total. The number of ether oxygens (including phenoxy) is 2. The topological polar surface area (TPSA) is 59.6 Å². The van der Waals surface area contributed by atoms with E-state index in [0.717, 1.165) is 24.3 Å². The van der Waals surface area contributed by atoms with E-state index in [1.807, 2.05) is 45.0 Å². The van der Waals surface area contributed by atoms with Crippen molar-refractivity contribution >= 4 is 11.8 Å². The second-order valence-electron chi connectivity index (χ2n) is 7.06. The molecule has 1 aliphatic rings. The lowest BCUT2D eigenvalue weighted by atomic mass is 10.0. The van der Waals surface area contributed by atoms with Crippen molar-refractivity contribution < 1.29 is 14.3 Å². The SMILES string of the molecule is COc1cccc(NC2CCCC2CNC(=O)OC(C)(C)C)c1. The Morgan fingerprint density at radius 1 is 1.30 bits per heavy atom. The fraction of sp³-hybridized carbons (Fsp3) is 0.611. The fourth-order valence-corrected chi connectivity index (χ4v) is 2.93. The average molecular weight is 320 g/mol. The zero-order valence-corrected chi connectivity index (χ0v) is 14.5. The number of hydrogen-bond acceptors (Lipinski definition) is 4.